The van der Waals surface area contributed by atoms with Crippen molar-refractivity contribution in [2.45, 2.75) is 24.8 Å². The highest BCUT2D eigenvalue weighted by Gasteiger charge is 2.19. The summed E-state index contributed by atoms with van der Waals surface area (Å²) >= 11 is 5.52. The molecule has 0 aromatic heterocycles. The van der Waals surface area contributed by atoms with Crippen molar-refractivity contribution in [3.63, 3.8) is 0 Å². The first-order chi connectivity index (χ1) is 7.36. The molecule has 1 aromatic rings. The quantitative estimate of drug-likeness (QED) is 0.847. The van der Waals surface area contributed by atoms with Gasteiger partial charge in [-0.3, -0.25) is 0 Å². The molecule has 90 valence electrons. The van der Waals surface area contributed by atoms with E-state index in [1.807, 2.05) is 0 Å². The average molecular weight is 266 g/mol. The maximum atomic E-state index is 12.8. The molecule has 0 aliphatic heterocycles. The molecule has 3 nitrogen and oxygen atoms in total. The van der Waals surface area contributed by atoms with Gasteiger partial charge in [-0.15, -0.1) is 11.6 Å². The van der Waals surface area contributed by atoms with E-state index in [0.717, 1.165) is 6.07 Å². The second-order valence-electron chi connectivity index (χ2n) is 3.59. The predicted octanol–water partition coefficient (Wildman–Crippen LogP) is 2.04. The number of halogens is 2. The molecule has 6 heteroatoms. The molecule has 0 aliphatic rings. The van der Waals surface area contributed by atoms with Crippen LogP contribution in [0.5, 0.6) is 0 Å². The molecule has 0 bridgehead atoms. The van der Waals surface area contributed by atoms with Gasteiger partial charge in [-0.05, 0) is 37.6 Å². The molecule has 0 aliphatic carbocycles. The van der Waals surface area contributed by atoms with Gasteiger partial charge in [0, 0.05) is 11.9 Å². The van der Waals surface area contributed by atoms with Crippen molar-refractivity contribution in [1.29, 1.82) is 0 Å². The molecule has 1 aromatic carbocycles. The van der Waals surface area contributed by atoms with Gasteiger partial charge >= 0.3 is 0 Å². The van der Waals surface area contributed by atoms with Crippen LogP contribution in [-0.2, 0) is 10.0 Å². The summed E-state index contributed by atoms with van der Waals surface area (Å²) in [6.07, 6.45) is 0. The Hall–Kier alpha value is -0.650. The van der Waals surface area contributed by atoms with Crippen molar-refractivity contribution in [3.8, 4) is 0 Å². The molecule has 0 fully saturated rings. The van der Waals surface area contributed by atoms with Gasteiger partial charge in [0.05, 0.1) is 4.90 Å². The van der Waals surface area contributed by atoms with Crippen LogP contribution in [-0.4, -0.2) is 20.3 Å². The van der Waals surface area contributed by atoms with Crippen molar-refractivity contribution >= 4 is 21.6 Å². The minimum atomic E-state index is -3.62. The third kappa shape index (κ3) is 3.17. The highest BCUT2D eigenvalue weighted by molar-refractivity contribution is 7.89. The summed E-state index contributed by atoms with van der Waals surface area (Å²) in [4.78, 5) is 0.0749. The van der Waals surface area contributed by atoms with Crippen molar-refractivity contribution in [2.75, 3.05) is 5.88 Å². The Labute approximate surface area is 99.7 Å². The molecule has 1 rings (SSSR count). The predicted molar refractivity (Wildman–Crippen MR) is 61.6 cm³/mol. The molecular weight excluding hydrogens is 253 g/mol. The van der Waals surface area contributed by atoms with Gasteiger partial charge < -0.3 is 0 Å². The lowest BCUT2D eigenvalue weighted by Crippen LogP contribution is -2.34. The van der Waals surface area contributed by atoms with E-state index in [-0.39, 0.29) is 16.8 Å². The van der Waals surface area contributed by atoms with Crippen LogP contribution >= 0.6 is 11.6 Å². The normalized spacial score (nSPS) is 13.8. The Morgan fingerprint density at radius 1 is 1.50 bits per heavy atom. The summed E-state index contributed by atoms with van der Waals surface area (Å²) in [5.41, 5.74) is 0.370. The average Bonchev–Trinajstić information content (AvgIpc) is 2.16. The van der Waals surface area contributed by atoms with Gasteiger partial charge in [0.15, 0.2) is 0 Å². The van der Waals surface area contributed by atoms with E-state index in [9.17, 15) is 12.8 Å². The van der Waals surface area contributed by atoms with Gasteiger partial charge in [0.1, 0.15) is 5.82 Å². The Morgan fingerprint density at radius 3 is 2.62 bits per heavy atom. The van der Waals surface area contributed by atoms with Gasteiger partial charge in [-0.25, -0.2) is 17.5 Å². The first kappa shape index (κ1) is 13.4. The number of benzene rings is 1. The van der Waals surface area contributed by atoms with Gasteiger partial charge in [0.2, 0.25) is 10.0 Å². The van der Waals surface area contributed by atoms with E-state index < -0.39 is 15.8 Å². The molecule has 1 N–H and O–H groups in total. The standard InChI is InChI=1S/C10H13ClFNO2S/c1-7-5-9(12)3-4-10(7)16(14,15)13-8(2)6-11/h3-5,8,13H,6H2,1-2H3. The fourth-order valence-corrected chi connectivity index (χ4v) is 2.91. The number of hydrogen-bond donors (Lipinski definition) is 1. The van der Waals surface area contributed by atoms with Crippen LogP contribution in [0.25, 0.3) is 0 Å². The fourth-order valence-electron chi connectivity index (χ4n) is 1.27. The van der Waals surface area contributed by atoms with Crippen molar-refractivity contribution in [2.24, 2.45) is 0 Å². The van der Waals surface area contributed by atoms with Crippen molar-refractivity contribution in [3.05, 3.63) is 29.6 Å². The zero-order chi connectivity index (χ0) is 12.3. The second-order valence-corrected chi connectivity index (χ2v) is 5.58. The summed E-state index contributed by atoms with van der Waals surface area (Å²) in [7, 11) is -3.62. The number of aryl methyl sites for hydroxylation is 1. The number of rotatable bonds is 4. The van der Waals surface area contributed by atoms with Crippen LogP contribution in [0.2, 0.25) is 0 Å². The van der Waals surface area contributed by atoms with Crippen LogP contribution in [0.15, 0.2) is 23.1 Å². The molecule has 0 heterocycles. The Morgan fingerprint density at radius 2 is 2.12 bits per heavy atom. The molecular formula is C10H13ClFNO2S. The third-order valence-corrected chi connectivity index (χ3v) is 4.23. The number of nitrogens with one attached hydrogen (secondary N) is 1. The zero-order valence-corrected chi connectivity index (χ0v) is 10.6. The van der Waals surface area contributed by atoms with E-state index in [0.29, 0.717) is 5.56 Å². The van der Waals surface area contributed by atoms with Gasteiger partial charge in [-0.1, -0.05) is 0 Å². The van der Waals surface area contributed by atoms with Gasteiger partial charge in [0.25, 0.3) is 0 Å². The van der Waals surface area contributed by atoms with E-state index in [2.05, 4.69) is 4.72 Å². The molecule has 0 saturated carbocycles. The smallest absolute Gasteiger partial charge is 0.207 e. The monoisotopic (exact) mass is 265 g/mol. The van der Waals surface area contributed by atoms with E-state index >= 15 is 0 Å². The summed E-state index contributed by atoms with van der Waals surface area (Å²) in [6.45, 7) is 3.20. The molecule has 1 atom stereocenters. The molecule has 1 unspecified atom stereocenters. The van der Waals surface area contributed by atoms with Crippen molar-refractivity contribution < 1.29 is 12.8 Å². The molecule has 0 radical (unpaired) electrons. The lowest BCUT2D eigenvalue weighted by atomic mass is 10.2. The second kappa shape index (κ2) is 5.12. The Kier molecular flexibility index (Phi) is 4.29. The van der Waals surface area contributed by atoms with Crippen LogP contribution in [0, 0.1) is 12.7 Å². The van der Waals surface area contributed by atoms with E-state index in [1.54, 1.807) is 13.8 Å². The highest BCUT2D eigenvalue weighted by atomic mass is 35.5. The Bertz CT molecular complexity index is 476. The summed E-state index contributed by atoms with van der Waals surface area (Å²) in [5.74, 6) is -0.277. The fraction of sp³-hybridized carbons (Fsp3) is 0.400. The minimum Gasteiger partial charge on any atom is -0.207 e. The van der Waals surface area contributed by atoms with E-state index in [4.69, 9.17) is 11.6 Å². The van der Waals surface area contributed by atoms with Crippen LogP contribution in [0.4, 0.5) is 4.39 Å². The zero-order valence-electron chi connectivity index (χ0n) is 9.00. The molecule has 0 amide bonds. The van der Waals surface area contributed by atoms with Crippen LogP contribution < -0.4 is 4.72 Å². The number of sulfonamides is 1. The summed E-state index contributed by atoms with van der Waals surface area (Å²) in [5, 5.41) is 0. The first-order valence-corrected chi connectivity index (χ1v) is 6.73. The number of hydrogen-bond acceptors (Lipinski definition) is 2. The SMILES string of the molecule is Cc1cc(F)ccc1S(=O)(=O)NC(C)CCl. The minimum absolute atomic E-state index is 0.0749. The number of alkyl halides is 1. The summed E-state index contributed by atoms with van der Waals surface area (Å²) < 4.78 is 38.9. The first-order valence-electron chi connectivity index (χ1n) is 4.71. The summed E-state index contributed by atoms with van der Waals surface area (Å²) in [6, 6.07) is 3.18. The lowest BCUT2D eigenvalue weighted by Gasteiger charge is -2.12. The van der Waals surface area contributed by atoms with Gasteiger partial charge in [-0.2, -0.15) is 0 Å². The van der Waals surface area contributed by atoms with Crippen LogP contribution in [0.1, 0.15) is 12.5 Å². The largest absolute Gasteiger partial charge is 0.241 e. The van der Waals surface area contributed by atoms with E-state index in [1.165, 1.54) is 12.1 Å². The lowest BCUT2D eigenvalue weighted by molar-refractivity contribution is 0.569. The molecule has 16 heavy (non-hydrogen) atoms. The maximum absolute atomic E-state index is 12.8. The highest BCUT2D eigenvalue weighted by Crippen LogP contribution is 2.16. The van der Waals surface area contributed by atoms with Crippen LogP contribution in [0.3, 0.4) is 0 Å². The molecule has 0 saturated heterocycles. The topological polar surface area (TPSA) is 46.2 Å². The Balaban J connectivity index is 3.08. The molecule has 0 spiro atoms. The van der Waals surface area contributed by atoms with Crippen molar-refractivity contribution in [1.82, 2.24) is 4.72 Å². The third-order valence-electron chi connectivity index (χ3n) is 2.01. The maximum Gasteiger partial charge on any atom is 0.241 e.